The van der Waals surface area contributed by atoms with Gasteiger partial charge in [-0.2, -0.15) is 11.8 Å². The molecule has 0 bridgehead atoms. The van der Waals surface area contributed by atoms with Crippen molar-refractivity contribution in [2.75, 3.05) is 6.61 Å². The fraction of sp³-hybridized carbons (Fsp3) is 0.333. The van der Waals surface area contributed by atoms with Gasteiger partial charge in [0, 0.05) is 26.4 Å². The lowest BCUT2D eigenvalue weighted by Gasteiger charge is -2.20. The van der Waals surface area contributed by atoms with Gasteiger partial charge in [0.1, 0.15) is 11.3 Å². The van der Waals surface area contributed by atoms with Crippen LogP contribution in [-0.2, 0) is 10.5 Å². The van der Waals surface area contributed by atoms with Gasteiger partial charge in [0.15, 0.2) is 12.4 Å². The van der Waals surface area contributed by atoms with E-state index in [2.05, 4.69) is 26.8 Å². The van der Waals surface area contributed by atoms with E-state index < -0.39 is 11.8 Å². The first-order valence-electron chi connectivity index (χ1n) is 10.7. The molecule has 1 aliphatic rings. The summed E-state index contributed by atoms with van der Waals surface area (Å²) in [7, 11) is 0. The molecule has 3 aromatic rings. The summed E-state index contributed by atoms with van der Waals surface area (Å²) >= 11 is 5.23. The lowest BCUT2D eigenvalue weighted by molar-refractivity contribution is -0.123. The molecule has 1 fully saturated rings. The second-order valence-corrected chi connectivity index (χ2v) is 9.93. The number of hydrazine groups is 1. The minimum atomic E-state index is -0.475. The minimum absolute atomic E-state index is 0.216. The topological polar surface area (TPSA) is 80.6 Å². The van der Waals surface area contributed by atoms with Gasteiger partial charge >= 0.3 is 5.91 Å². The quantitative estimate of drug-likeness (QED) is 0.399. The number of hydrogen-bond donors (Lipinski definition) is 2. The van der Waals surface area contributed by atoms with Gasteiger partial charge in [-0.25, -0.2) is 0 Å². The van der Waals surface area contributed by atoms with Crippen molar-refractivity contribution in [1.82, 2.24) is 10.9 Å². The van der Waals surface area contributed by atoms with E-state index in [1.165, 1.54) is 32.1 Å². The normalized spacial score (nSPS) is 14.3. The van der Waals surface area contributed by atoms with Gasteiger partial charge in [-0.05, 0) is 43.2 Å². The highest BCUT2D eigenvalue weighted by molar-refractivity contribution is 9.10. The molecule has 0 atom stereocenters. The second kappa shape index (κ2) is 10.9. The predicted molar refractivity (Wildman–Crippen MR) is 130 cm³/mol. The Kier molecular flexibility index (Phi) is 7.76. The number of fused-ring (bicyclic) bond motifs is 1. The van der Waals surface area contributed by atoms with Crippen LogP contribution in [0.1, 0.15) is 48.2 Å². The summed E-state index contributed by atoms with van der Waals surface area (Å²) in [6, 6.07) is 14.8. The number of thioether (sulfide) groups is 1. The fourth-order valence-corrected chi connectivity index (χ4v) is 5.38. The van der Waals surface area contributed by atoms with Crippen LogP contribution in [0.4, 0.5) is 0 Å². The number of halogens is 1. The summed E-state index contributed by atoms with van der Waals surface area (Å²) in [4.78, 5) is 24.9. The van der Waals surface area contributed by atoms with Crippen molar-refractivity contribution in [2.24, 2.45) is 0 Å². The SMILES string of the molecule is O=C(COc1ccc(Br)cc1)NNC(=O)c1oc2ccccc2c1CSC1CCCCC1. The number of rotatable bonds is 7. The maximum absolute atomic E-state index is 12.8. The number of benzene rings is 2. The maximum Gasteiger partial charge on any atom is 0.305 e. The van der Waals surface area contributed by atoms with Crippen LogP contribution in [0.15, 0.2) is 57.4 Å². The smallest absolute Gasteiger partial charge is 0.305 e. The highest BCUT2D eigenvalue weighted by Crippen LogP contribution is 2.34. The molecule has 0 aliphatic heterocycles. The maximum atomic E-state index is 12.8. The van der Waals surface area contributed by atoms with E-state index in [4.69, 9.17) is 9.15 Å². The van der Waals surface area contributed by atoms with E-state index in [-0.39, 0.29) is 12.4 Å². The molecule has 1 aromatic heterocycles. The van der Waals surface area contributed by atoms with Crippen LogP contribution in [0, 0.1) is 0 Å². The molecule has 1 aliphatic carbocycles. The van der Waals surface area contributed by atoms with Crippen molar-refractivity contribution in [3.63, 3.8) is 0 Å². The van der Waals surface area contributed by atoms with Crippen molar-refractivity contribution >= 4 is 50.5 Å². The van der Waals surface area contributed by atoms with Crippen molar-refractivity contribution in [2.45, 2.75) is 43.1 Å². The monoisotopic (exact) mass is 516 g/mol. The van der Waals surface area contributed by atoms with Crippen molar-refractivity contribution in [3.05, 3.63) is 64.3 Å². The molecule has 2 aromatic carbocycles. The number of para-hydroxylation sites is 1. The molecular weight excluding hydrogens is 492 g/mol. The fourth-order valence-electron chi connectivity index (χ4n) is 3.76. The molecule has 2 N–H and O–H groups in total. The summed E-state index contributed by atoms with van der Waals surface area (Å²) < 4.78 is 12.2. The molecule has 6 nitrogen and oxygen atoms in total. The van der Waals surface area contributed by atoms with Gasteiger partial charge in [0.2, 0.25) is 0 Å². The van der Waals surface area contributed by atoms with Gasteiger partial charge in [-0.15, -0.1) is 0 Å². The minimum Gasteiger partial charge on any atom is -0.484 e. The van der Waals surface area contributed by atoms with Gasteiger partial charge < -0.3 is 9.15 Å². The number of carbonyl (C=O) groups is 2. The Balaban J connectivity index is 1.37. The van der Waals surface area contributed by atoms with E-state index in [9.17, 15) is 9.59 Å². The predicted octanol–water partition coefficient (Wildman–Crippen LogP) is 5.60. The van der Waals surface area contributed by atoms with Gasteiger partial charge in [0.05, 0.1) is 0 Å². The highest BCUT2D eigenvalue weighted by Gasteiger charge is 2.23. The Morgan fingerprint density at radius 2 is 1.78 bits per heavy atom. The lowest BCUT2D eigenvalue weighted by atomic mass is 10.0. The average Bonchev–Trinajstić information content (AvgIpc) is 3.20. The Morgan fingerprint density at radius 3 is 2.56 bits per heavy atom. The third-order valence-corrected chi connectivity index (χ3v) is 7.35. The molecule has 1 saturated carbocycles. The third kappa shape index (κ3) is 5.86. The molecular formula is C24H25BrN2O4S. The molecule has 0 saturated heterocycles. The van der Waals surface area contributed by atoms with E-state index in [0.717, 1.165) is 15.4 Å². The molecule has 168 valence electrons. The zero-order chi connectivity index (χ0) is 22.3. The average molecular weight is 517 g/mol. The number of amides is 2. The largest absolute Gasteiger partial charge is 0.484 e. The molecule has 4 rings (SSSR count). The molecule has 2 amide bonds. The van der Waals surface area contributed by atoms with Gasteiger partial charge in [0.25, 0.3) is 5.91 Å². The number of carbonyl (C=O) groups excluding carboxylic acids is 2. The first-order chi connectivity index (χ1) is 15.6. The molecule has 0 radical (unpaired) electrons. The molecule has 32 heavy (non-hydrogen) atoms. The van der Waals surface area contributed by atoms with E-state index in [1.54, 1.807) is 12.1 Å². The highest BCUT2D eigenvalue weighted by atomic mass is 79.9. The third-order valence-electron chi connectivity index (χ3n) is 5.42. The Labute approximate surface area is 199 Å². The van der Waals surface area contributed by atoms with Crippen LogP contribution in [0.2, 0.25) is 0 Å². The molecule has 0 spiro atoms. The molecule has 1 heterocycles. The number of hydrogen-bond acceptors (Lipinski definition) is 5. The Bertz CT molecular complexity index is 1080. The zero-order valence-electron chi connectivity index (χ0n) is 17.6. The molecule has 8 heteroatoms. The second-order valence-electron chi connectivity index (χ2n) is 7.72. The number of ether oxygens (including phenoxy) is 1. The standard InChI is InChI=1S/C24H25BrN2O4S/c25-16-10-12-17(13-11-16)30-14-22(28)26-27-24(29)23-20(15-32-18-6-2-1-3-7-18)19-8-4-5-9-21(19)31-23/h4-5,8-13,18H,1-3,6-7,14-15H2,(H,26,28)(H,27,29). The van der Waals surface area contributed by atoms with E-state index in [1.807, 2.05) is 48.2 Å². The van der Waals surface area contributed by atoms with E-state index >= 15 is 0 Å². The molecule has 0 unspecified atom stereocenters. The van der Waals surface area contributed by atoms with Crippen LogP contribution in [-0.4, -0.2) is 23.7 Å². The number of furan rings is 1. The lowest BCUT2D eigenvalue weighted by Crippen LogP contribution is -2.44. The van der Waals surface area contributed by atoms with Crippen molar-refractivity contribution < 1.29 is 18.7 Å². The Morgan fingerprint density at radius 1 is 1.03 bits per heavy atom. The summed E-state index contributed by atoms with van der Waals surface area (Å²) in [6.07, 6.45) is 6.29. The number of nitrogens with one attached hydrogen (secondary N) is 2. The first kappa shape index (κ1) is 22.7. The zero-order valence-corrected chi connectivity index (χ0v) is 20.0. The van der Waals surface area contributed by atoms with Crippen LogP contribution in [0.5, 0.6) is 5.75 Å². The van der Waals surface area contributed by atoms with Crippen LogP contribution in [0.3, 0.4) is 0 Å². The van der Waals surface area contributed by atoms with Gasteiger partial charge in [-0.3, -0.25) is 20.4 Å². The van der Waals surface area contributed by atoms with Crippen molar-refractivity contribution in [3.8, 4) is 5.75 Å². The summed E-state index contributed by atoms with van der Waals surface area (Å²) in [5.74, 6) is 0.566. The van der Waals surface area contributed by atoms with Crippen molar-refractivity contribution in [1.29, 1.82) is 0 Å². The summed E-state index contributed by atoms with van der Waals surface area (Å²) in [5.41, 5.74) is 6.39. The van der Waals surface area contributed by atoms with Crippen LogP contribution in [0.25, 0.3) is 11.0 Å². The van der Waals surface area contributed by atoms with E-state index in [0.29, 0.717) is 22.3 Å². The Hall–Kier alpha value is -2.45. The first-order valence-corrected chi connectivity index (χ1v) is 12.5. The summed E-state index contributed by atoms with van der Waals surface area (Å²) in [5, 5.41) is 1.55. The van der Waals surface area contributed by atoms with Crippen LogP contribution < -0.4 is 15.6 Å². The van der Waals surface area contributed by atoms with Crippen LogP contribution >= 0.6 is 27.7 Å². The summed E-state index contributed by atoms with van der Waals surface area (Å²) in [6.45, 7) is -0.216. The van der Waals surface area contributed by atoms with Gasteiger partial charge in [-0.1, -0.05) is 53.4 Å².